The quantitative estimate of drug-likeness (QED) is 0.795. The van der Waals surface area contributed by atoms with Crippen LogP contribution in [0, 0.1) is 16.7 Å². The third-order valence-corrected chi connectivity index (χ3v) is 5.67. The van der Waals surface area contributed by atoms with E-state index in [4.69, 9.17) is 0 Å². The summed E-state index contributed by atoms with van der Waals surface area (Å²) in [4.78, 5) is 12.8. The summed E-state index contributed by atoms with van der Waals surface area (Å²) in [6.07, 6.45) is -2.16. The maximum absolute atomic E-state index is 12.8. The minimum atomic E-state index is -4.73. The Labute approximate surface area is 138 Å². The van der Waals surface area contributed by atoms with Crippen molar-refractivity contribution in [2.75, 3.05) is 5.32 Å². The van der Waals surface area contributed by atoms with E-state index in [9.17, 15) is 18.0 Å². The van der Waals surface area contributed by atoms with E-state index in [0.29, 0.717) is 11.6 Å². The van der Waals surface area contributed by atoms with Crippen LogP contribution in [0.25, 0.3) is 0 Å². The van der Waals surface area contributed by atoms with Gasteiger partial charge >= 0.3 is 6.36 Å². The number of halogens is 3. The van der Waals surface area contributed by atoms with Gasteiger partial charge in [-0.2, -0.15) is 0 Å². The van der Waals surface area contributed by atoms with Gasteiger partial charge in [-0.05, 0) is 54.9 Å². The first-order valence-electron chi connectivity index (χ1n) is 7.92. The van der Waals surface area contributed by atoms with Crippen LogP contribution in [0.1, 0.15) is 33.1 Å². The number of hydrogen-bond donors (Lipinski definition) is 1. The molecule has 1 amide bonds. The number of anilines is 1. The standard InChI is InChI=1S/C18H20F3NO2/c1-11-16(2,3)12-8-9-17(11,10-12)15(23)22-13-4-6-14(7-5-13)24-18(19,20)21/h4-7,12H,1,8-10H2,2-3H3,(H,22,23)/t12-,17-/m0/s1. The van der Waals surface area contributed by atoms with Crippen LogP contribution in [0.15, 0.2) is 36.4 Å². The van der Waals surface area contributed by atoms with E-state index < -0.39 is 11.8 Å². The van der Waals surface area contributed by atoms with Crippen molar-refractivity contribution in [2.45, 2.75) is 39.5 Å². The van der Waals surface area contributed by atoms with Crippen molar-refractivity contribution in [2.24, 2.45) is 16.7 Å². The SMILES string of the molecule is C=C1C(C)(C)[C@H]2CC[C@]1(C(=O)Nc1ccc(OC(F)(F)F)cc1)C2. The number of carbonyl (C=O) groups excluding carboxylic acids is 1. The lowest BCUT2D eigenvalue weighted by Crippen LogP contribution is -2.37. The number of hydrogen-bond acceptors (Lipinski definition) is 2. The highest BCUT2D eigenvalue weighted by atomic mass is 19.4. The van der Waals surface area contributed by atoms with Gasteiger partial charge in [-0.1, -0.05) is 26.0 Å². The van der Waals surface area contributed by atoms with Crippen molar-refractivity contribution in [1.29, 1.82) is 0 Å². The third-order valence-electron chi connectivity index (χ3n) is 5.67. The molecule has 3 rings (SSSR count). The van der Waals surface area contributed by atoms with E-state index in [1.165, 1.54) is 24.3 Å². The van der Waals surface area contributed by atoms with Gasteiger partial charge in [-0.3, -0.25) is 4.79 Å². The van der Waals surface area contributed by atoms with E-state index in [0.717, 1.165) is 24.8 Å². The van der Waals surface area contributed by atoms with Crippen molar-refractivity contribution in [3.05, 3.63) is 36.4 Å². The van der Waals surface area contributed by atoms with E-state index in [2.05, 4.69) is 30.5 Å². The molecule has 0 unspecified atom stereocenters. The summed E-state index contributed by atoms with van der Waals surface area (Å²) in [6.45, 7) is 8.42. The predicted octanol–water partition coefficient (Wildman–Crippen LogP) is 4.91. The van der Waals surface area contributed by atoms with Crippen molar-refractivity contribution in [1.82, 2.24) is 0 Å². The zero-order chi connectivity index (χ0) is 17.8. The Morgan fingerprint density at radius 1 is 1.29 bits per heavy atom. The second kappa shape index (κ2) is 5.26. The highest BCUT2D eigenvalue weighted by Crippen LogP contribution is 2.65. The average molecular weight is 339 g/mol. The van der Waals surface area contributed by atoms with Crippen molar-refractivity contribution >= 4 is 11.6 Å². The average Bonchev–Trinajstić information content (AvgIpc) is 3.00. The fourth-order valence-corrected chi connectivity index (χ4v) is 4.13. The predicted molar refractivity (Wildman–Crippen MR) is 84.4 cm³/mol. The molecule has 2 fully saturated rings. The molecule has 0 aromatic heterocycles. The molecule has 6 heteroatoms. The second-order valence-corrected chi connectivity index (χ2v) is 7.25. The summed E-state index contributed by atoms with van der Waals surface area (Å²) < 4.78 is 40.3. The van der Waals surface area contributed by atoms with Crippen molar-refractivity contribution in [3.63, 3.8) is 0 Å². The summed E-state index contributed by atoms with van der Waals surface area (Å²) >= 11 is 0. The number of benzene rings is 1. The normalized spacial score (nSPS) is 28.0. The van der Waals surface area contributed by atoms with Gasteiger partial charge in [0, 0.05) is 5.69 Å². The van der Waals surface area contributed by atoms with Gasteiger partial charge in [0.05, 0.1) is 5.41 Å². The Balaban J connectivity index is 1.73. The van der Waals surface area contributed by atoms with Gasteiger partial charge in [0.2, 0.25) is 5.91 Å². The number of rotatable bonds is 3. The number of ether oxygens (including phenoxy) is 1. The number of carbonyl (C=O) groups is 1. The smallest absolute Gasteiger partial charge is 0.406 e. The van der Waals surface area contributed by atoms with Crippen LogP contribution in [0.5, 0.6) is 5.75 Å². The first-order chi connectivity index (χ1) is 11.0. The molecule has 2 bridgehead atoms. The Hall–Kier alpha value is -1.98. The lowest BCUT2D eigenvalue weighted by molar-refractivity contribution is -0.274. The van der Waals surface area contributed by atoms with E-state index in [1.807, 2.05) is 0 Å². The summed E-state index contributed by atoms with van der Waals surface area (Å²) in [5.41, 5.74) is 0.792. The molecule has 0 saturated heterocycles. The highest BCUT2D eigenvalue weighted by Gasteiger charge is 2.60. The molecule has 0 radical (unpaired) electrons. The van der Waals surface area contributed by atoms with Gasteiger partial charge < -0.3 is 10.1 Å². The van der Waals surface area contributed by atoms with Crippen LogP contribution in [-0.4, -0.2) is 12.3 Å². The monoisotopic (exact) mass is 339 g/mol. The first kappa shape index (κ1) is 16.9. The molecule has 2 atom stereocenters. The maximum atomic E-state index is 12.8. The topological polar surface area (TPSA) is 38.3 Å². The second-order valence-electron chi connectivity index (χ2n) is 7.25. The molecule has 1 N–H and O–H groups in total. The summed E-state index contributed by atoms with van der Waals surface area (Å²) in [6, 6.07) is 5.19. The van der Waals surface area contributed by atoms with Crippen LogP contribution in [0.4, 0.5) is 18.9 Å². The molecule has 2 aliphatic carbocycles. The van der Waals surface area contributed by atoms with Gasteiger partial charge in [-0.25, -0.2) is 0 Å². The van der Waals surface area contributed by atoms with Crippen molar-refractivity contribution in [3.8, 4) is 5.75 Å². The maximum Gasteiger partial charge on any atom is 0.573 e. The van der Waals surface area contributed by atoms with Crippen LogP contribution < -0.4 is 10.1 Å². The van der Waals surface area contributed by atoms with Crippen LogP contribution >= 0.6 is 0 Å². The lowest BCUT2D eigenvalue weighted by Gasteiger charge is -2.37. The fourth-order valence-electron chi connectivity index (χ4n) is 4.13. The highest BCUT2D eigenvalue weighted by molar-refractivity contribution is 5.98. The van der Waals surface area contributed by atoms with Gasteiger partial charge in [0.25, 0.3) is 0 Å². The molecule has 2 saturated carbocycles. The number of alkyl halides is 3. The minimum Gasteiger partial charge on any atom is -0.406 e. The summed E-state index contributed by atoms with van der Waals surface area (Å²) in [7, 11) is 0. The lowest BCUT2D eigenvalue weighted by atomic mass is 9.68. The third kappa shape index (κ3) is 2.68. The first-order valence-corrected chi connectivity index (χ1v) is 7.92. The van der Waals surface area contributed by atoms with Crippen LogP contribution in [0.2, 0.25) is 0 Å². The summed E-state index contributed by atoms with van der Waals surface area (Å²) in [5.74, 6) is 0.0226. The zero-order valence-electron chi connectivity index (χ0n) is 13.7. The molecule has 1 aromatic rings. The molecular weight excluding hydrogens is 319 g/mol. The Morgan fingerprint density at radius 3 is 2.42 bits per heavy atom. The van der Waals surface area contributed by atoms with E-state index in [1.54, 1.807) is 0 Å². The largest absolute Gasteiger partial charge is 0.573 e. The molecule has 0 heterocycles. The Bertz CT molecular complexity index is 678. The fraction of sp³-hybridized carbons (Fsp3) is 0.500. The van der Waals surface area contributed by atoms with Gasteiger partial charge in [-0.15, -0.1) is 13.2 Å². The van der Waals surface area contributed by atoms with Gasteiger partial charge in [0.1, 0.15) is 5.75 Å². The zero-order valence-corrected chi connectivity index (χ0v) is 13.7. The van der Waals surface area contributed by atoms with Gasteiger partial charge in [0.15, 0.2) is 0 Å². The molecule has 130 valence electrons. The molecular formula is C18H20F3NO2. The molecule has 0 spiro atoms. The molecule has 2 aliphatic rings. The number of fused-ring (bicyclic) bond motifs is 2. The number of nitrogens with one attached hydrogen (secondary N) is 1. The Kier molecular flexibility index (Phi) is 3.70. The van der Waals surface area contributed by atoms with Crippen LogP contribution in [-0.2, 0) is 4.79 Å². The van der Waals surface area contributed by atoms with Crippen LogP contribution in [0.3, 0.4) is 0 Å². The molecule has 0 aliphatic heterocycles. The molecule has 24 heavy (non-hydrogen) atoms. The molecule has 1 aromatic carbocycles. The van der Waals surface area contributed by atoms with Crippen molar-refractivity contribution < 1.29 is 22.7 Å². The number of amides is 1. The minimum absolute atomic E-state index is 0.0556. The van der Waals surface area contributed by atoms with E-state index >= 15 is 0 Å². The summed E-state index contributed by atoms with van der Waals surface area (Å²) in [5, 5.41) is 2.82. The molecule has 3 nitrogen and oxygen atoms in total. The Morgan fingerprint density at radius 2 is 1.92 bits per heavy atom. The van der Waals surface area contributed by atoms with E-state index in [-0.39, 0.29) is 17.1 Å².